The first-order chi connectivity index (χ1) is 12.2. The van der Waals surface area contributed by atoms with E-state index in [1.54, 1.807) is 18.9 Å². The third-order valence-electron chi connectivity index (χ3n) is 6.25. The van der Waals surface area contributed by atoms with Crippen molar-refractivity contribution in [2.75, 3.05) is 13.2 Å². The Kier molecular flexibility index (Phi) is 9.33. The van der Waals surface area contributed by atoms with Gasteiger partial charge in [0.1, 0.15) is 0 Å². The van der Waals surface area contributed by atoms with Crippen molar-refractivity contribution in [1.29, 1.82) is 0 Å². The van der Waals surface area contributed by atoms with Gasteiger partial charge >= 0.3 is 161 Å². The summed E-state index contributed by atoms with van der Waals surface area (Å²) in [6.45, 7) is 11.4. The third kappa shape index (κ3) is 5.73. The number of hydrogen-bond donors (Lipinski definition) is 0. The Bertz CT molecular complexity index is 483. The van der Waals surface area contributed by atoms with Crippen LogP contribution in [-0.4, -0.2) is 31.6 Å². The van der Waals surface area contributed by atoms with Crippen LogP contribution in [-0.2, 0) is 4.74 Å². The molecule has 25 heavy (non-hydrogen) atoms. The average molecular weight is 451 g/mol. The molecule has 1 aromatic rings. The quantitative estimate of drug-likeness (QED) is 0.347. The predicted molar refractivity (Wildman–Crippen MR) is 114 cm³/mol. The molecule has 1 heterocycles. The summed E-state index contributed by atoms with van der Waals surface area (Å²) in [4.78, 5) is 0. The summed E-state index contributed by atoms with van der Waals surface area (Å²) >= 11 is -2.28. The van der Waals surface area contributed by atoms with Gasteiger partial charge in [-0.2, -0.15) is 0 Å². The maximum absolute atomic E-state index is 5.62. The summed E-state index contributed by atoms with van der Waals surface area (Å²) in [7, 11) is 0. The Balaban J connectivity index is 2.32. The van der Waals surface area contributed by atoms with E-state index in [1.165, 1.54) is 50.5 Å². The fourth-order valence-electron chi connectivity index (χ4n) is 4.66. The zero-order valence-electron chi connectivity index (χ0n) is 17.2. The third-order valence-corrected chi connectivity index (χ3v) is 22.3. The van der Waals surface area contributed by atoms with E-state index in [9.17, 15) is 0 Å². The van der Waals surface area contributed by atoms with Crippen LogP contribution in [0.25, 0.3) is 0 Å². The van der Waals surface area contributed by atoms with Crippen molar-refractivity contribution in [3.63, 3.8) is 0 Å². The molecule has 1 aliphatic heterocycles. The number of ether oxygens (including phenoxy) is 1. The molecule has 0 amide bonds. The van der Waals surface area contributed by atoms with E-state index < -0.39 is 18.4 Å². The van der Waals surface area contributed by atoms with Gasteiger partial charge in [0.2, 0.25) is 0 Å². The van der Waals surface area contributed by atoms with Gasteiger partial charge in [0, 0.05) is 0 Å². The van der Waals surface area contributed by atoms with Gasteiger partial charge in [0.25, 0.3) is 0 Å². The molecule has 1 aromatic carbocycles. The Morgan fingerprint density at radius 2 is 1.56 bits per heavy atom. The Morgan fingerprint density at radius 1 is 0.960 bits per heavy atom. The molecule has 0 bridgehead atoms. The van der Waals surface area contributed by atoms with Gasteiger partial charge in [0.15, 0.2) is 0 Å². The first-order valence-corrected chi connectivity index (χ1v) is 18.3. The Morgan fingerprint density at radius 3 is 2.00 bits per heavy atom. The normalized spacial score (nSPS) is 18.0. The summed E-state index contributed by atoms with van der Waals surface area (Å²) in [5.74, 6) is 0.638. The van der Waals surface area contributed by atoms with Gasteiger partial charge in [-0.25, -0.2) is 0 Å². The van der Waals surface area contributed by atoms with Crippen molar-refractivity contribution in [2.45, 2.75) is 91.9 Å². The van der Waals surface area contributed by atoms with Crippen LogP contribution in [0.1, 0.15) is 82.8 Å². The van der Waals surface area contributed by atoms with Crippen LogP contribution in [0.3, 0.4) is 0 Å². The van der Waals surface area contributed by atoms with E-state index >= 15 is 0 Å². The summed E-state index contributed by atoms with van der Waals surface area (Å²) < 4.78 is 12.2. The van der Waals surface area contributed by atoms with Crippen molar-refractivity contribution in [1.82, 2.24) is 0 Å². The van der Waals surface area contributed by atoms with Crippen molar-refractivity contribution in [3.05, 3.63) is 29.3 Å². The molecule has 0 aliphatic carbocycles. The Labute approximate surface area is 160 Å². The molecule has 0 radical (unpaired) electrons. The second kappa shape index (κ2) is 11.0. The van der Waals surface area contributed by atoms with Gasteiger partial charge in [-0.05, 0) is 0 Å². The number of unbranched alkanes of at least 4 members (excludes halogenated alkanes) is 3. The molecule has 2 rings (SSSR count). The van der Waals surface area contributed by atoms with Crippen LogP contribution in [0.15, 0.2) is 18.2 Å². The van der Waals surface area contributed by atoms with Crippen LogP contribution in [0.5, 0.6) is 0 Å². The molecule has 0 spiro atoms. The first kappa shape index (κ1) is 21.3. The molecule has 1 aliphatic rings. The molecule has 1 saturated heterocycles. The fraction of sp³-hybridized carbons (Fsp3) is 0.739. The zero-order chi connectivity index (χ0) is 18.1. The zero-order valence-corrected chi connectivity index (χ0v) is 20.1. The number of rotatable bonds is 11. The molecule has 1 atom stereocenters. The van der Waals surface area contributed by atoms with E-state index in [1.807, 2.05) is 3.58 Å². The van der Waals surface area contributed by atoms with Crippen LogP contribution in [0.4, 0.5) is 0 Å². The van der Waals surface area contributed by atoms with Crippen LogP contribution >= 0.6 is 0 Å². The van der Waals surface area contributed by atoms with Gasteiger partial charge < -0.3 is 0 Å². The maximum atomic E-state index is 5.62. The fourth-order valence-corrected chi connectivity index (χ4v) is 21.8. The van der Waals surface area contributed by atoms with E-state index in [4.69, 9.17) is 4.74 Å². The molecule has 142 valence electrons. The van der Waals surface area contributed by atoms with Crippen molar-refractivity contribution in [2.24, 2.45) is 0 Å². The van der Waals surface area contributed by atoms with E-state index in [2.05, 4.69) is 45.9 Å². The summed E-state index contributed by atoms with van der Waals surface area (Å²) in [5.41, 5.74) is 3.14. The monoisotopic (exact) mass is 452 g/mol. The molecule has 2 heteroatoms. The molecule has 0 aromatic heterocycles. The summed E-state index contributed by atoms with van der Waals surface area (Å²) in [6, 6.07) is 7.58. The number of aryl methyl sites for hydroxylation is 1. The molecule has 1 nitrogen and oxygen atoms in total. The van der Waals surface area contributed by atoms with Crippen molar-refractivity contribution < 1.29 is 4.74 Å². The minimum absolute atomic E-state index is 0.638. The second-order valence-electron chi connectivity index (χ2n) is 8.23. The van der Waals surface area contributed by atoms with E-state index in [0.29, 0.717) is 5.92 Å². The number of hydrogen-bond acceptors (Lipinski definition) is 1. The molecule has 0 N–H and O–H groups in total. The molecular weight excluding hydrogens is 411 g/mol. The SMILES string of the molecule is CCC[CH2][Sn]([CH2]CCC)([CH2]CCC)[c]1ccc(C2CCOC2)cc1C. The Hall–Kier alpha value is -0.0213. The summed E-state index contributed by atoms with van der Waals surface area (Å²) in [5, 5.41) is 0. The molecular formula is C23H40OSn. The summed E-state index contributed by atoms with van der Waals surface area (Å²) in [6.07, 6.45) is 9.60. The van der Waals surface area contributed by atoms with Crippen molar-refractivity contribution in [3.8, 4) is 0 Å². The van der Waals surface area contributed by atoms with Gasteiger partial charge in [0.05, 0.1) is 0 Å². The van der Waals surface area contributed by atoms with Gasteiger partial charge in [-0.15, -0.1) is 0 Å². The molecule has 1 fully saturated rings. The number of benzene rings is 1. The average Bonchev–Trinajstić information content (AvgIpc) is 3.16. The van der Waals surface area contributed by atoms with Crippen molar-refractivity contribution >= 4 is 22.0 Å². The topological polar surface area (TPSA) is 9.23 Å². The van der Waals surface area contributed by atoms with Crippen LogP contribution < -0.4 is 3.58 Å². The minimum atomic E-state index is -2.28. The van der Waals surface area contributed by atoms with E-state index in [0.717, 1.165) is 13.2 Å². The van der Waals surface area contributed by atoms with Gasteiger partial charge in [-0.1, -0.05) is 0 Å². The first-order valence-electron chi connectivity index (χ1n) is 10.9. The van der Waals surface area contributed by atoms with Crippen LogP contribution in [0.2, 0.25) is 13.3 Å². The molecule has 1 unspecified atom stereocenters. The van der Waals surface area contributed by atoms with E-state index in [-0.39, 0.29) is 0 Å². The standard InChI is InChI=1S/C11H13O.3C4H9.Sn/c1-9-3-2-4-10(7-9)11-5-6-12-8-11;3*1-3-4-2;/h2,4,7,11H,5-6,8H2,1H3;3*1,3-4H2,2H3;. The van der Waals surface area contributed by atoms with Gasteiger partial charge in [-0.3, -0.25) is 0 Å². The van der Waals surface area contributed by atoms with Crippen LogP contribution in [0, 0.1) is 6.92 Å². The predicted octanol–water partition coefficient (Wildman–Crippen LogP) is 6.56. The second-order valence-corrected chi connectivity index (χ2v) is 21.4. The molecule has 0 saturated carbocycles.